The molecule has 0 unspecified atom stereocenters. The fourth-order valence-electron chi connectivity index (χ4n) is 2.41. The molecule has 3 aromatic rings. The zero-order chi connectivity index (χ0) is 19.2. The Morgan fingerprint density at radius 1 is 1.07 bits per heavy atom. The van der Waals surface area contributed by atoms with Crippen LogP contribution in [-0.4, -0.2) is 15.5 Å². The van der Waals surface area contributed by atoms with Crippen molar-refractivity contribution in [3.63, 3.8) is 0 Å². The lowest BCUT2D eigenvalue weighted by Crippen LogP contribution is -2.22. The van der Waals surface area contributed by atoms with Gasteiger partial charge in [-0.15, -0.1) is 0 Å². The number of rotatable bonds is 6. The highest BCUT2D eigenvalue weighted by Crippen LogP contribution is 2.19. The molecule has 0 amide bonds. The van der Waals surface area contributed by atoms with E-state index in [2.05, 4.69) is 20.9 Å². The molecule has 7 heteroatoms. The zero-order valence-corrected chi connectivity index (χ0v) is 16.2. The van der Waals surface area contributed by atoms with Gasteiger partial charge in [0.15, 0.2) is 0 Å². The second-order valence-corrected chi connectivity index (χ2v) is 6.60. The third kappa shape index (κ3) is 5.04. The van der Waals surface area contributed by atoms with Crippen LogP contribution in [0.4, 0.5) is 0 Å². The number of carbonyl (C=O) groups excluding carboxylic acids is 1. The SMILES string of the molecule is CC(=O)Oc1ccc(Cn2cnc(OCc3ccccc3)c(Br)c2=O)cc1. The van der Waals surface area contributed by atoms with Gasteiger partial charge in [0.2, 0.25) is 5.88 Å². The number of hydrogen-bond donors (Lipinski definition) is 0. The van der Waals surface area contributed by atoms with Gasteiger partial charge < -0.3 is 9.47 Å². The maximum atomic E-state index is 12.5. The van der Waals surface area contributed by atoms with Crippen molar-refractivity contribution in [1.82, 2.24) is 9.55 Å². The Hall–Kier alpha value is -2.93. The van der Waals surface area contributed by atoms with Gasteiger partial charge in [-0.1, -0.05) is 42.5 Å². The molecule has 0 radical (unpaired) electrons. The second-order valence-electron chi connectivity index (χ2n) is 5.81. The van der Waals surface area contributed by atoms with Crippen LogP contribution in [0.3, 0.4) is 0 Å². The molecule has 0 saturated heterocycles. The topological polar surface area (TPSA) is 70.4 Å². The Balaban J connectivity index is 1.71. The fourth-order valence-corrected chi connectivity index (χ4v) is 2.86. The first-order valence-electron chi connectivity index (χ1n) is 8.22. The van der Waals surface area contributed by atoms with Crippen LogP contribution in [0.5, 0.6) is 11.6 Å². The Labute approximate surface area is 164 Å². The van der Waals surface area contributed by atoms with E-state index in [0.717, 1.165) is 11.1 Å². The van der Waals surface area contributed by atoms with Gasteiger partial charge in [-0.25, -0.2) is 4.98 Å². The maximum Gasteiger partial charge on any atom is 0.308 e. The number of carbonyl (C=O) groups is 1. The summed E-state index contributed by atoms with van der Waals surface area (Å²) in [5.41, 5.74) is 1.63. The van der Waals surface area contributed by atoms with E-state index in [-0.39, 0.29) is 21.9 Å². The summed E-state index contributed by atoms with van der Waals surface area (Å²) in [5.74, 6) is 0.339. The minimum Gasteiger partial charge on any atom is -0.472 e. The average Bonchev–Trinajstić information content (AvgIpc) is 2.67. The van der Waals surface area contributed by atoms with Gasteiger partial charge in [0.05, 0.1) is 6.54 Å². The van der Waals surface area contributed by atoms with Crippen LogP contribution in [0.25, 0.3) is 0 Å². The van der Waals surface area contributed by atoms with E-state index >= 15 is 0 Å². The van der Waals surface area contributed by atoms with Crippen molar-refractivity contribution in [3.8, 4) is 11.6 Å². The molecule has 2 aromatic carbocycles. The number of hydrogen-bond acceptors (Lipinski definition) is 5. The number of ether oxygens (including phenoxy) is 2. The Morgan fingerprint density at radius 3 is 2.44 bits per heavy atom. The lowest BCUT2D eigenvalue weighted by Gasteiger charge is -2.10. The van der Waals surface area contributed by atoms with Crippen molar-refractivity contribution < 1.29 is 14.3 Å². The quantitative estimate of drug-likeness (QED) is 0.443. The van der Waals surface area contributed by atoms with Crippen molar-refractivity contribution in [1.29, 1.82) is 0 Å². The number of esters is 1. The lowest BCUT2D eigenvalue weighted by molar-refractivity contribution is -0.131. The predicted molar refractivity (Wildman–Crippen MR) is 104 cm³/mol. The van der Waals surface area contributed by atoms with Crippen LogP contribution in [0, 0.1) is 0 Å². The number of benzene rings is 2. The van der Waals surface area contributed by atoms with E-state index in [1.54, 1.807) is 24.3 Å². The third-order valence-electron chi connectivity index (χ3n) is 3.71. The van der Waals surface area contributed by atoms with Gasteiger partial charge in [-0.05, 0) is 39.2 Å². The lowest BCUT2D eigenvalue weighted by atomic mass is 10.2. The molecule has 0 aliphatic rings. The fraction of sp³-hybridized carbons (Fsp3) is 0.150. The van der Waals surface area contributed by atoms with Crippen molar-refractivity contribution in [2.75, 3.05) is 0 Å². The smallest absolute Gasteiger partial charge is 0.308 e. The van der Waals surface area contributed by atoms with Crippen LogP contribution in [0.2, 0.25) is 0 Å². The molecular formula is C20H17BrN2O4. The molecule has 0 aliphatic heterocycles. The molecule has 0 aliphatic carbocycles. The molecule has 0 N–H and O–H groups in total. The highest BCUT2D eigenvalue weighted by Gasteiger charge is 2.11. The van der Waals surface area contributed by atoms with Crippen molar-refractivity contribution in [2.24, 2.45) is 0 Å². The molecule has 0 spiro atoms. The first-order valence-corrected chi connectivity index (χ1v) is 9.01. The molecule has 1 aromatic heterocycles. The summed E-state index contributed by atoms with van der Waals surface area (Å²) >= 11 is 3.28. The number of halogens is 1. The normalized spacial score (nSPS) is 10.4. The highest BCUT2D eigenvalue weighted by atomic mass is 79.9. The zero-order valence-electron chi connectivity index (χ0n) is 14.6. The van der Waals surface area contributed by atoms with Crippen molar-refractivity contribution in [3.05, 3.63) is 86.9 Å². The molecular weight excluding hydrogens is 412 g/mol. The van der Waals surface area contributed by atoms with Gasteiger partial charge in [0, 0.05) is 6.92 Å². The van der Waals surface area contributed by atoms with E-state index < -0.39 is 0 Å². The van der Waals surface area contributed by atoms with Crippen LogP contribution < -0.4 is 15.0 Å². The third-order valence-corrected chi connectivity index (χ3v) is 4.39. The first-order chi connectivity index (χ1) is 13.0. The highest BCUT2D eigenvalue weighted by molar-refractivity contribution is 9.10. The monoisotopic (exact) mass is 428 g/mol. The minimum atomic E-state index is -0.377. The summed E-state index contributed by atoms with van der Waals surface area (Å²) in [6.45, 7) is 2.01. The summed E-state index contributed by atoms with van der Waals surface area (Å²) in [4.78, 5) is 27.7. The molecule has 0 saturated carbocycles. The molecule has 3 rings (SSSR count). The molecule has 0 fully saturated rings. The van der Waals surface area contributed by atoms with Gasteiger partial charge in [-0.2, -0.15) is 0 Å². The van der Waals surface area contributed by atoms with E-state index in [1.807, 2.05) is 30.3 Å². The van der Waals surface area contributed by atoms with Gasteiger partial charge in [0.1, 0.15) is 23.2 Å². The number of aromatic nitrogens is 2. The minimum absolute atomic E-state index is 0.239. The summed E-state index contributed by atoms with van der Waals surface area (Å²) in [7, 11) is 0. The summed E-state index contributed by atoms with van der Waals surface area (Å²) in [5, 5.41) is 0. The molecule has 0 atom stereocenters. The summed E-state index contributed by atoms with van der Waals surface area (Å²) in [6.07, 6.45) is 1.45. The predicted octanol–water partition coefficient (Wildman–Crippen LogP) is 3.56. The first kappa shape index (κ1) is 18.8. The second kappa shape index (κ2) is 8.64. The molecule has 6 nitrogen and oxygen atoms in total. The number of nitrogens with zero attached hydrogens (tertiary/aromatic N) is 2. The Kier molecular flexibility index (Phi) is 6.03. The molecule has 27 heavy (non-hydrogen) atoms. The average molecular weight is 429 g/mol. The molecule has 1 heterocycles. The Bertz CT molecular complexity index is 985. The van der Waals surface area contributed by atoms with E-state index in [4.69, 9.17) is 9.47 Å². The van der Waals surface area contributed by atoms with Gasteiger partial charge >= 0.3 is 5.97 Å². The van der Waals surface area contributed by atoms with Crippen LogP contribution in [-0.2, 0) is 17.9 Å². The van der Waals surface area contributed by atoms with Crippen LogP contribution in [0.1, 0.15) is 18.1 Å². The van der Waals surface area contributed by atoms with Crippen LogP contribution in [0.15, 0.2) is 70.2 Å². The molecule has 138 valence electrons. The summed E-state index contributed by atoms with van der Waals surface area (Å²) in [6, 6.07) is 16.6. The standard InChI is InChI=1S/C20H17BrN2O4/c1-14(24)27-17-9-7-15(8-10-17)11-23-13-22-19(18(21)20(23)25)26-12-16-5-3-2-4-6-16/h2-10,13H,11-12H2,1H3. The van der Waals surface area contributed by atoms with Crippen LogP contribution >= 0.6 is 15.9 Å². The van der Waals surface area contributed by atoms with Gasteiger partial charge in [0.25, 0.3) is 5.56 Å². The van der Waals surface area contributed by atoms with E-state index in [1.165, 1.54) is 17.8 Å². The van der Waals surface area contributed by atoms with E-state index in [0.29, 0.717) is 18.9 Å². The van der Waals surface area contributed by atoms with Gasteiger partial charge in [-0.3, -0.25) is 14.2 Å². The molecule has 0 bridgehead atoms. The maximum absolute atomic E-state index is 12.5. The summed E-state index contributed by atoms with van der Waals surface area (Å²) < 4.78 is 12.4. The Morgan fingerprint density at radius 2 is 1.78 bits per heavy atom. The van der Waals surface area contributed by atoms with Crippen molar-refractivity contribution in [2.45, 2.75) is 20.1 Å². The van der Waals surface area contributed by atoms with Crippen molar-refractivity contribution >= 4 is 21.9 Å². The largest absolute Gasteiger partial charge is 0.472 e. The van der Waals surface area contributed by atoms with E-state index in [9.17, 15) is 9.59 Å².